The van der Waals surface area contributed by atoms with E-state index in [-0.39, 0.29) is 6.61 Å². The lowest BCUT2D eigenvalue weighted by atomic mass is 9.93. The number of nitrogens with zero attached hydrogens (tertiary/aromatic N) is 4. The van der Waals surface area contributed by atoms with Crippen molar-refractivity contribution in [1.29, 1.82) is 0 Å². The number of hydrogen-bond donors (Lipinski definition) is 1. The number of ether oxygens (including phenoxy) is 3. The van der Waals surface area contributed by atoms with Crippen molar-refractivity contribution in [3.63, 3.8) is 0 Å². The van der Waals surface area contributed by atoms with Gasteiger partial charge >= 0.3 is 0 Å². The van der Waals surface area contributed by atoms with Gasteiger partial charge in [0.2, 0.25) is 0 Å². The van der Waals surface area contributed by atoms with Gasteiger partial charge in [-0.15, -0.1) is 10.2 Å². The number of hydrogen-bond acceptors (Lipinski definition) is 7. The lowest BCUT2D eigenvalue weighted by Gasteiger charge is -2.39. The highest BCUT2D eigenvalue weighted by Gasteiger charge is 2.34. The molecule has 0 spiro atoms. The molecule has 0 amide bonds. The number of aromatic nitrogens is 3. The van der Waals surface area contributed by atoms with Gasteiger partial charge in [-0.1, -0.05) is 23.7 Å². The Morgan fingerprint density at radius 3 is 2.68 bits per heavy atom. The van der Waals surface area contributed by atoms with Crippen LogP contribution in [0.4, 0.5) is 0 Å². The summed E-state index contributed by atoms with van der Waals surface area (Å²) in [7, 11) is 1.64. The third-order valence-corrected chi connectivity index (χ3v) is 6.24. The fourth-order valence-corrected chi connectivity index (χ4v) is 4.35. The number of rotatable bonds is 10. The first kappa shape index (κ1) is 24.3. The summed E-state index contributed by atoms with van der Waals surface area (Å²) in [4.78, 5) is 2.24. The van der Waals surface area contributed by atoms with E-state index in [9.17, 15) is 5.11 Å². The molecular formula is C25H31ClN4O4. The summed E-state index contributed by atoms with van der Waals surface area (Å²) in [5.41, 5.74) is 1.23. The summed E-state index contributed by atoms with van der Waals surface area (Å²) < 4.78 is 19.2. The van der Waals surface area contributed by atoms with Crippen LogP contribution >= 0.6 is 11.6 Å². The Morgan fingerprint density at radius 1 is 1.06 bits per heavy atom. The summed E-state index contributed by atoms with van der Waals surface area (Å²) in [5, 5.41) is 19.3. The molecule has 1 fully saturated rings. The van der Waals surface area contributed by atoms with Gasteiger partial charge in [-0.05, 0) is 61.7 Å². The van der Waals surface area contributed by atoms with E-state index in [0.717, 1.165) is 24.1 Å². The molecular weight excluding hydrogens is 456 g/mol. The topological polar surface area (TPSA) is 81.9 Å². The minimum atomic E-state index is -0.930. The Labute approximate surface area is 205 Å². The number of likely N-dealkylation sites (tertiary alicyclic amines) is 1. The molecule has 9 heteroatoms. The summed E-state index contributed by atoms with van der Waals surface area (Å²) in [5.74, 6) is 1.99. The van der Waals surface area contributed by atoms with E-state index in [1.807, 2.05) is 47.9 Å². The largest absolute Gasteiger partial charge is 0.493 e. The van der Waals surface area contributed by atoms with Gasteiger partial charge in [-0.25, -0.2) is 0 Å². The van der Waals surface area contributed by atoms with Gasteiger partial charge < -0.3 is 23.9 Å². The van der Waals surface area contributed by atoms with Crippen molar-refractivity contribution < 1.29 is 19.3 Å². The predicted octanol–water partition coefficient (Wildman–Crippen LogP) is 3.73. The lowest BCUT2D eigenvalue weighted by Crippen LogP contribution is -2.51. The van der Waals surface area contributed by atoms with E-state index >= 15 is 0 Å². The second-order valence-corrected chi connectivity index (χ2v) is 9.20. The maximum Gasteiger partial charge on any atom is 0.161 e. The standard InChI is InChI=1S/C25H31ClN4O4/c1-19-4-6-21(26)23(12-19)34-16-25(31)8-3-9-29(15-25)14-20-5-7-22(24(13-20)32-2)33-11-10-30-17-27-28-18-30/h4-7,12-13,17-18,31H,3,8-11,14-16H2,1-2H3/t25-/m0/s1. The normalized spacial score (nSPS) is 18.6. The van der Waals surface area contributed by atoms with Crippen LogP contribution in [0, 0.1) is 6.92 Å². The van der Waals surface area contributed by atoms with Crippen LogP contribution in [0.25, 0.3) is 0 Å². The quantitative estimate of drug-likeness (QED) is 0.467. The van der Waals surface area contributed by atoms with Crippen molar-refractivity contribution >= 4 is 11.6 Å². The molecule has 0 aliphatic carbocycles. The van der Waals surface area contributed by atoms with Crippen molar-refractivity contribution in [3.8, 4) is 17.2 Å². The van der Waals surface area contributed by atoms with Crippen molar-refractivity contribution in [2.75, 3.05) is 33.4 Å². The fourth-order valence-electron chi connectivity index (χ4n) is 4.18. The molecule has 2 aromatic carbocycles. The molecule has 182 valence electrons. The van der Waals surface area contributed by atoms with E-state index in [4.69, 9.17) is 25.8 Å². The minimum Gasteiger partial charge on any atom is -0.493 e. The molecule has 0 bridgehead atoms. The smallest absolute Gasteiger partial charge is 0.161 e. The highest BCUT2D eigenvalue weighted by atomic mass is 35.5. The number of halogens is 1. The molecule has 2 heterocycles. The maximum absolute atomic E-state index is 11.2. The van der Waals surface area contributed by atoms with Crippen molar-refractivity contribution in [1.82, 2.24) is 19.7 Å². The Hall–Kier alpha value is -2.81. The van der Waals surface area contributed by atoms with Crippen molar-refractivity contribution in [2.45, 2.75) is 38.5 Å². The average molecular weight is 487 g/mol. The number of aryl methyl sites for hydroxylation is 1. The summed E-state index contributed by atoms with van der Waals surface area (Å²) >= 11 is 6.25. The molecule has 0 saturated carbocycles. The van der Waals surface area contributed by atoms with Crippen LogP contribution in [0.15, 0.2) is 49.1 Å². The first-order chi connectivity index (χ1) is 16.4. The van der Waals surface area contributed by atoms with Gasteiger partial charge in [0.05, 0.1) is 18.7 Å². The van der Waals surface area contributed by atoms with Crippen LogP contribution in [0.1, 0.15) is 24.0 Å². The van der Waals surface area contributed by atoms with E-state index in [1.54, 1.807) is 19.8 Å². The second kappa shape index (κ2) is 11.1. The molecule has 1 aliphatic heterocycles. The fraction of sp³-hybridized carbons (Fsp3) is 0.440. The van der Waals surface area contributed by atoms with Crippen LogP contribution in [-0.4, -0.2) is 63.8 Å². The zero-order chi connectivity index (χ0) is 24.0. The monoisotopic (exact) mass is 486 g/mol. The minimum absolute atomic E-state index is 0.204. The molecule has 0 radical (unpaired) electrons. The Morgan fingerprint density at radius 2 is 1.88 bits per heavy atom. The molecule has 34 heavy (non-hydrogen) atoms. The van der Waals surface area contributed by atoms with E-state index in [0.29, 0.717) is 54.9 Å². The highest BCUT2D eigenvalue weighted by Crippen LogP contribution is 2.31. The summed E-state index contributed by atoms with van der Waals surface area (Å²) in [6, 6.07) is 11.6. The number of β-amino-alcohol motifs (C(OH)–C–C–N with tert-alkyl or cyclic N) is 1. The van der Waals surface area contributed by atoms with Crippen LogP contribution < -0.4 is 14.2 Å². The van der Waals surface area contributed by atoms with Gasteiger partial charge in [0.25, 0.3) is 0 Å². The summed E-state index contributed by atoms with van der Waals surface area (Å²) in [6.45, 7) is 5.46. The molecule has 1 N–H and O–H groups in total. The van der Waals surface area contributed by atoms with Gasteiger partial charge in [-0.2, -0.15) is 0 Å². The predicted molar refractivity (Wildman–Crippen MR) is 130 cm³/mol. The van der Waals surface area contributed by atoms with Gasteiger partial charge in [0, 0.05) is 13.1 Å². The van der Waals surface area contributed by atoms with Crippen LogP contribution in [0.3, 0.4) is 0 Å². The number of methoxy groups -OCH3 is 1. The van der Waals surface area contributed by atoms with Crippen LogP contribution in [0.5, 0.6) is 17.2 Å². The Kier molecular flexibility index (Phi) is 7.92. The van der Waals surface area contributed by atoms with Gasteiger partial charge in [0.1, 0.15) is 37.2 Å². The third-order valence-electron chi connectivity index (χ3n) is 5.93. The SMILES string of the molecule is COc1cc(CN2CCC[C@@](O)(COc3cc(C)ccc3Cl)C2)ccc1OCCn1cnnc1. The molecule has 0 unspecified atom stereocenters. The third kappa shape index (κ3) is 6.40. The van der Waals surface area contributed by atoms with E-state index < -0.39 is 5.60 Å². The van der Waals surface area contributed by atoms with Crippen molar-refractivity contribution in [3.05, 3.63) is 65.2 Å². The maximum atomic E-state index is 11.2. The lowest BCUT2D eigenvalue weighted by molar-refractivity contribution is -0.0621. The molecule has 4 rings (SSSR count). The Balaban J connectivity index is 1.33. The molecule has 1 saturated heterocycles. The molecule has 3 aromatic rings. The second-order valence-electron chi connectivity index (χ2n) is 8.79. The molecule has 1 aliphatic rings. The van der Waals surface area contributed by atoms with Crippen LogP contribution in [0.2, 0.25) is 5.02 Å². The zero-order valence-corrected chi connectivity index (χ0v) is 20.4. The van der Waals surface area contributed by atoms with Gasteiger partial charge in [0.15, 0.2) is 11.5 Å². The molecule has 1 aromatic heterocycles. The first-order valence-electron chi connectivity index (χ1n) is 11.4. The number of piperidine rings is 1. The molecule has 1 atom stereocenters. The van der Waals surface area contributed by atoms with Crippen molar-refractivity contribution in [2.24, 2.45) is 0 Å². The number of aliphatic hydroxyl groups is 1. The summed E-state index contributed by atoms with van der Waals surface area (Å²) in [6.07, 6.45) is 4.90. The molecule has 8 nitrogen and oxygen atoms in total. The first-order valence-corrected chi connectivity index (χ1v) is 11.8. The average Bonchev–Trinajstić information content (AvgIpc) is 3.34. The van der Waals surface area contributed by atoms with E-state index in [2.05, 4.69) is 15.1 Å². The van der Waals surface area contributed by atoms with Gasteiger partial charge in [-0.3, -0.25) is 4.90 Å². The Bertz CT molecular complexity index is 1080. The zero-order valence-electron chi connectivity index (χ0n) is 19.6. The highest BCUT2D eigenvalue weighted by molar-refractivity contribution is 6.32. The van der Waals surface area contributed by atoms with Crippen LogP contribution in [-0.2, 0) is 13.1 Å². The number of benzene rings is 2. The van der Waals surface area contributed by atoms with E-state index in [1.165, 1.54) is 0 Å².